The largest absolute Gasteiger partial charge is 0.319 e. The smallest absolute Gasteiger partial charge is 0.000248 e. The molecule has 1 nitrogen and oxygen atoms in total. The van der Waals surface area contributed by atoms with E-state index in [1.807, 2.05) is 7.05 Å². The average Bonchev–Trinajstić information content (AvgIpc) is 1.82. The molecule has 0 aromatic heterocycles. The Bertz CT molecular complexity index is 160. The van der Waals surface area contributed by atoms with Crippen LogP contribution in [0.1, 0.15) is 41.0 Å². The van der Waals surface area contributed by atoms with E-state index in [2.05, 4.69) is 52.1 Å². The summed E-state index contributed by atoms with van der Waals surface area (Å²) in [6.45, 7) is 12.3. The van der Waals surface area contributed by atoms with Gasteiger partial charge in [0, 0.05) is 6.54 Å². The van der Waals surface area contributed by atoms with Crippen molar-refractivity contribution in [3.05, 3.63) is 12.2 Å². The van der Waals surface area contributed by atoms with Crippen molar-refractivity contribution in [2.45, 2.75) is 41.0 Å². The number of rotatable bonds is 4. The van der Waals surface area contributed by atoms with E-state index in [1.165, 1.54) is 0 Å². The van der Waals surface area contributed by atoms with Crippen LogP contribution >= 0.6 is 0 Å². The van der Waals surface area contributed by atoms with Crippen LogP contribution in [-0.4, -0.2) is 13.6 Å². The molecule has 0 atom stereocenters. The lowest BCUT2D eigenvalue weighted by atomic mass is 9.87. The topological polar surface area (TPSA) is 12.0 Å². The minimum Gasteiger partial charge on any atom is -0.319 e. The monoisotopic (exact) mass is 183 g/mol. The third-order valence-electron chi connectivity index (χ3n) is 1.94. The molecule has 0 saturated carbocycles. The number of hydrogen-bond acceptors (Lipinski definition) is 1. The summed E-state index contributed by atoms with van der Waals surface area (Å²) in [6.07, 6.45) is 5.74. The molecule has 0 aliphatic carbocycles. The van der Waals surface area contributed by atoms with Gasteiger partial charge in [-0.1, -0.05) is 46.8 Å². The molecule has 78 valence electrons. The van der Waals surface area contributed by atoms with E-state index in [9.17, 15) is 0 Å². The van der Waals surface area contributed by atoms with Crippen molar-refractivity contribution in [3.63, 3.8) is 0 Å². The molecule has 0 spiro atoms. The van der Waals surface area contributed by atoms with Crippen molar-refractivity contribution < 1.29 is 0 Å². The Kier molecular flexibility index (Phi) is 4.69. The molecule has 0 heterocycles. The zero-order valence-electron chi connectivity index (χ0n) is 10.1. The van der Waals surface area contributed by atoms with Gasteiger partial charge in [-0.3, -0.25) is 0 Å². The Balaban J connectivity index is 3.94. The Morgan fingerprint density at radius 3 is 2.00 bits per heavy atom. The Hall–Kier alpha value is -0.300. The molecule has 0 aliphatic heterocycles. The number of nitrogens with one attached hydrogen (secondary N) is 1. The summed E-state index contributed by atoms with van der Waals surface area (Å²) in [5, 5.41) is 3.22. The molecule has 1 heteroatoms. The molecule has 0 aromatic rings. The summed E-state index contributed by atoms with van der Waals surface area (Å²) >= 11 is 0. The van der Waals surface area contributed by atoms with Gasteiger partial charge in [-0.15, -0.1) is 0 Å². The van der Waals surface area contributed by atoms with Crippen molar-refractivity contribution in [1.82, 2.24) is 5.32 Å². The molecular formula is C12H25N. The highest BCUT2D eigenvalue weighted by atomic mass is 14.8. The van der Waals surface area contributed by atoms with Crippen LogP contribution in [0.25, 0.3) is 0 Å². The van der Waals surface area contributed by atoms with Crippen molar-refractivity contribution in [2.24, 2.45) is 10.8 Å². The normalized spacial score (nSPS) is 14.0. The first-order valence-electron chi connectivity index (χ1n) is 5.09. The van der Waals surface area contributed by atoms with Crippen LogP contribution < -0.4 is 5.32 Å². The molecule has 0 unspecified atom stereocenters. The van der Waals surface area contributed by atoms with E-state index in [-0.39, 0.29) is 0 Å². The summed E-state index contributed by atoms with van der Waals surface area (Å²) in [5.41, 5.74) is 0.687. The van der Waals surface area contributed by atoms with Gasteiger partial charge in [0.05, 0.1) is 0 Å². The van der Waals surface area contributed by atoms with Gasteiger partial charge < -0.3 is 5.32 Å². The molecule has 0 radical (unpaired) electrons. The van der Waals surface area contributed by atoms with E-state index in [0.29, 0.717) is 10.8 Å². The first-order valence-corrected chi connectivity index (χ1v) is 5.09. The number of allylic oxidation sites excluding steroid dienone is 2. The van der Waals surface area contributed by atoms with Crippen LogP contribution in [0.5, 0.6) is 0 Å². The summed E-state index contributed by atoms with van der Waals surface area (Å²) in [7, 11) is 2.01. The van der Waals surface area contributed by atoms with Crippen LogP contribution in [0.15, 0.2) is 12.2 Å². The van der Waals surface area contributed by atoms with Crippen molar-refractivity contribution in [3.8, 4) is 0 Å². The van der Waals surface area contributed by atoms with Crippen molar-refractivity contribution in [2.75, 3.05) is 13.6 Å². The first-order chi connectivity index (χ1) is 5.77. The number of hydrogen-bond donors (Lipinski definition) is 1. The standard InChI is InChI=1S/C12H25N/c1-11(2,3)8-7-9-12(4,5)10-13-6/h7-8,13H,9-10H2,1-6H3/b8-7-. The van der Waals surface area contributed by atoms with Crippen LogP contribution in [0.2, 0.25) is 0 Å². The second-order valence-electron chi connectivity index (χ2n) is 5.67. The Labute approximate surface area is 83.6 Å². The molecular weight excluding hydrogens is 158 g/mol. The maximum Gasteiger partial charge on any atom is 0.000248 e. The van der Waals surface area contributed by atoms with Crippen LogP contribution in [0.4, 0.5) is 0 Å². The van der Waals surface area contributed by atoms with E-state index in [0.717, 1.165) is 13.0 Å². The molecule has 13 heavy (non-hydrogen) atoms. The molecule has 0 amide bonds. The summed E-state index contributed by atoms with van der Waals surface area (Å²) in [4.78, 5) is 0. The van der Waals surface area contributed by atoms with E-state index >= 15 is 0 Å². The predicted octanol–water partition coefficient (Wildman–Crippen LogP) is 3.22. The van der Waals surface area contributed by atoms with Gasteiger partial charge in [0.15, 0.2) is 0 Å². The van der Waals surface area contributed by atoms with Crippen LogP contribution in [-0.2, 0) is 0 Å². The fraction of sp³-hybridized carbons (Fsp3) is 0.833. The summed E-state index contributed by atoms with van der Waals surface area (Å²) < 4.78 is 0. The molecule has 0 rings (SSSR count). The highest BCUT2D eigenvalue weighted by molar-refractivity contribution is 4.95. The van der Waals surface area contributed by atoms with Gasteiger partial charge in [0.1, 0.15) is 0 Å². The van der Waals surface area contributed by atoms with E-state index in [1.54, 1.807) is 0 Å². The first kappa shape index (κ1) is 12.7. The predicted molar refractivity (Wildman–Crippen MR) is 60.9 cm³/mol. The van der Waals surface area contributed by atoms with Gasteiger partial charge >= 0.3 is 0 Å². The second-order valence-corrected chi connectivity index (χ2v) is 5.67. The lowest BCUT2D eigenvalue weighted by Gasteiger charge is -2.23. The highest BCUT2D eigenvalue weighted by Gasteiger charge is 2.14. The SMILES string of the molecule is CNCC(C)(C)C/C=C\C(C)(C)C. The van der Waals surface area contributed by atoms with E-state index < -0.39 is 0 Å². The van der Waals surface area contributed by atoms with Gasteiger partial charge in [-0.25, -0.2) is 0 Å². The average molecular weight is 183 g/mol. The molecule has 0 bridgehead atoms. The fourth-order valence-electron chi connectivity index (χ4n) is 1.28. The van der Waals surface area contributed by atoms with Crippen molar-refractivity contribution in [1.29, 1.82) is 0 Å². The zero-order chi connectivity index (χ0) is 10.5. The summed E-state index contributed by atoms with van der Waals surface area (Å²) in [5.74, 6) is 0. The lowest BCUT2D eigenvalue weighted by Crippen LogP contribution is -2.26. The Morgan fingerprint density at radius 1 is 1.08 bits per heavy atom. The Morgan fingerprint density at radius 2 is 1.62 bits per heavy atom. The fourth-order valence-corrected chi connectivity index (χ4v) is 1.28. The highest BCUT2D eigenvalue weighted by Crippen LogP contribution is 2.22. The molecule has 0 fully saturated rings. The molecule has 1 N–H and O–H groups in total. The van der Waals surface area contributed by atoms with Crippen LogP contribution in [0, 0.1) is 10.8 Å². The maximum atomic E-state index is 3.22. The minimum atomic E-state index is 0.315. The van der Waals surface area contributed by atoms with Crippen LogP contribution in [0.3, 0.4) is 0 Å². The van der Waals surface area contributed by atoms with Gasteiger partial charge in [0.2, 0.25) is 0 Å². The lowest BCUT2D eigenvalue weighted by molar-refractivity contribution is 0.355. The van der Waals surface area contributed by atoms with Gasteiger partial charge in [-0.05, 0) is 24.3 Å². The quantitative estimate of drug-likeness (QED) is 0.660. The zero-order valence-corrected chi connectivity index (χ0v) is 10.1. The third-order valence-corrected chi connectivity index (χ3v) is 1.94. The second kappa shape index (κ2) is 4.80. The molecule has 0 aliphatic rings. The minimum absolute atomic E-state index is 0.315. The third kappa shape index (κ3) is 8.04. The molecule has 0 aromatic carbocycles. The van der Waals surface area contributed by atoms with Crippen molar-refractivity contribution >= 4 is 0 Å². The van der Waals surface area contributed by atoms with Gasteiger partial charge in [-0.2, -0.15) is 0 Å². The van der Waals surface area contributed by atoms with Gasteiger partial charge in [0.25, 0.3) is 0 Å². The maximum absolute atomic E-state index is 3.22. The molecule has 0 saturated heterocycles. The van der Waals surface area contributed by atoms with E-state index in [4.69, 9.17) is 0 Å². The summed E-state index contributed by atoms with van der Waals surface area (Å²) in [6, 6.07) is 0.